The minimum atomic E-state index is -1.13. The van der Waals surface area contributed by atoms with Gasteiger partial charge in [-0.2, -0.15) is 0 Å². The van der Waals surface area contributed by atoms with Crippen LogP contribution in [0.1, 0.15) is 33.1 Å². The summed E-state index contributed by atoms with van der Waals surface area (Å²) < 4.78 is 0. The fourth-order valence-electron chi connectivity index (χ4n) is 1.38. The zero-order chi connectivity index (χ0) is 13.3. The number of carboxylic acid groups (broad SMARTS) is 1. The molecule has 0 saturated heterocycles. The number of aliphatic hydroxyl groups is 1. The van der Waals surface area contributed by atoms with Crippen LogP contribution >= 0.6 is 0 Å². The van der Waals surface area contributed by atoms with Crippen LogP contribution in [0.3, 0.4) is 0 Å². The minimum Gasteiger partial charge on any atom is -0.480 e. The monoisotopic (exact) mass is 246 g/mol. The molecular formula is C11H22N2O4. The number of aliphatic hydroxyl groups excluding tert-OH is 1. The van der Waals surface area contributed by atoms with Crippen LogP contribution in [-0.4, -0.2) is 52.9 Å². The lowest BCUT2D eigenvalue weighted by molar-refractivity contribution is -0.139. The van der Waals surface area contributed by atoms with E-state index in [-0.39, 0.29) is 19.1 Å². The highest BCUT2D eigenvalue weighted by Gasteiger charge is 2.21. The van der Waals surface area contributed by atoms with Crippen LogP contribution in [-0.2, 0) is 4.79 Å². The van der Waals surface area contributed by atoms with Gasteiger partial charge in [-0.05, 0) is 13.3 Å². The number of urea groups is 1. The van der Waals surface area contributed by atoms with Gasteiger partial charge in [0.1, 0.15) is 6.04 Å². The molecule has 0 radical (unpaired) electrons. The van der Waals surface area contributed by atoms with Crippen LogP contribution in [0.2, 0.25) is 0 Å². The Morgan fingerprint density at radius 1 is 1.35 bits per heavy atom. The van der Waals surface area contributed by atoms with E-state index in [0.717, 1.165) is 12.8 Å². The second-order valence-corrected chi connectivity index (χ2v) is 3.79. The molecule has 0 spiro atoms. The second-order valence-electron chi connectivity index (χ2n) is 3.79. The number of carboxylic acids is 1. The van der Waals surface area contributed by atoms with E-state index in [1.807, 2.05) is 13.8 Å². The van der Waals surface area contributed by atoms with Crippen molar-refractivity contribution in [3.8, 4) is 0 Å². The average molecular weight is 246 g/mol. The number of unbranched alkanes of at least 4 members (excludes halogenated alkanes) is 1. The van der Waals surface area contributed by atoms with Gasteiger partial charge in [-0.3, -0.25) is 0 Å². The normalized spacial score (nSPS) is 11.9. The SMILES string of the molecule is CCCCN(CC)C(=O)N[C@H](CCO)C(=O)O. The van der Waals surface area contributed by atoms with E-state index in [9.17, 15) is 9.59 Å². The zero-order valence-electron chi connectivity index (χ0n) is 10.5. The van der Waals surface area contributed by atoms with E-state index < -0.39 is 12.0 Å². The first-order chi connectivity index (χ1) is 8.06. The van der Waals surface area contributed by atoms with E-state index in [2.05, 4.69) is 5.32 Å². The molecule has 0 saturated carbocycles. The lowest BCUT2D eigenvalue weighted by Crippen LogP contribution is -2.48. The molecule has 6 nitrogen and oxygen atoms in total. The van der Waals surface area contributed by atoms with Crippen LogP contribution in [0.15, 0.2) is 0 Å². The van der Waals surface area contributed by atoms with Crippen LogP contribution in [0.25, 0.3) is 0 Å². The third-order valence-corrected chi connectivity index (χ3v) is 2.46. The molecule has 0 aromatic heterocycles. The Labute approximate surface area is 102 Å². The zero-order valence-corrected chi connectivity index (χ0v) is 10.5. The molecule has 0 aliphatic rings. The maximum absolute atomic E-state index is 11.7. The summed E-state index contributed by atoms with van der Waals surface area (Å²) in [6.45, 7) is 4.76. The van der Waals surface area contributed by atoms with E-state index >= 15 is 0 Å². The van der Waals surface area contributed by atoms with Crippen molar-refractivity contribution < 1.29 is 19.8 Å². The summed E-state index contributed by atoms with van der Waals surface area (Å²) in [5.41, 5.74) is 0. The molecule has 0 aliphatic carbocycles. The molecule has 1 atom stereocenters. The third kappa shape index (κ3) is 6.11. The van der Waals surface area contributed by atoms with Gasteiger partial charge in [0.05, 0.1) is 0 Å². The molecule has 0 aliphatic heterocycles. The number of hydrogen-bond donors (Lipinski definition) is 3. The van der Waals surface area contributed by atoms with Gasteiger partial charge in [0.25, 0.3) is 0 Å². The standard InChI is InChI=1S/C11H22N2O4/c1-3-5-7-13(4-2)11(17)12-9(6-8-14)10(15)16/h9,14H,3-8H2,1-2H3,(H,12,17)(H,15,16)/t9-/m1/s1. The number of rotatable bonds is 8. The van der Waals surface area contributed by atoms with Crippen LogP contribution in [0.5, 0.6) is 0 Å². The molecule has 6 heteroatoms. The van der Waals surface area contributed by atoms with Crippen molar-refractivity contribution in [1.29, 1.82) is 0 Å². The largest absolute Gasteiger partial charge is 0.480 e. The van der Waals surface area contributed by atoms with E-state index in [1.165, 1.54) is 0 Å². The van der Waals surface area contributed by atoms with Gasteiger partial charge in [0.15, 0.2) is 0 Å². The predicted molar refractivity (Wildman–Crippen MR) is 63.8 cm³/mol. The van der Waals surface area contributed by atoms with Crippen molar-refractivity contribution in [1.82, 2.24) is 10.2 Å². The molecule has 0 unspecified atom stereocenters. The van der Waals surface area contributed by atoms with Crippen molar-refractivity contribution in [2.45, 2.75) is 39.2 Å². The number of aliphatic carboxylic acids is 1. The van der Waals surface area contributed by atoms with E-state index in [0.29, 0.717) is 13.1 Å². The number of hydrogen-bond acceptors (Lipinski definition) is 3. The Morgan fingerprint density at radius 3 is 2.41 bits per heavy atom. The molecule has 0 rings (SSSR count). The lowest BCUT2D eigenvalue weighted by Gasteiger charge is -2.23. The first kappa shape index (κ1) is 15.7. The molecule has 0 bridgehead atoms. The first-order valence-corrected chi connectivity index (χ1v) is 5.95. The summed E-state index contributed by atoms with van der Waals surface area (Å²) in [4.78, 5) is 24.1. The van der Waals surface area contributed by atoms with Gasteiger partial charge < -0.3 is 20.4 Å². The maximum atomic E-state index is 11.7. The van der Waals surface area contributed by atoms with Gasteiger partial charge in [0.2, 0.25) is 0 Å². The Morgan fingerprint density at radius 2 is 2.00 bits per heavy atom. The van der Waals surface area contributed by atoms with Gasteiger partial charge in [-0.1, -0.05) is 13.3 Å². The van der Waals surface area contributed by atoms with Gasteiger partial charge in [-0.25, -0.2) is 9.59 Å². The lowest BCUT2D eigenvalue weighted by atomic mass is 10.2. The highest BCUT2D eigenvalue weighted by Crippen LogP contribution is 1.98. The molecule has 0 heterocycles. The molecule has 2 amide bonds. The molecular weight excluding hydrogens is 224 g/mol. The van der Waals surface area contributed by atoms with Crippen LogP contribution in [0.4, 0.5) is 4.79 Å². The van der Waals surface area contributed by atoms with Crippen molar-refractivity contribution >= 4 is 12.0 Å². The highest BCUT2D eigenvalue weighted by molar-refractivity contribution is 5.82. The van der Waals surface area contributed by atoms with Crippen molar-refractivity contribution in [2.75, 3.05) is 19.7 Å². The molecule has 17 heavy (non-hydrogen) atoms. The minimum absolute atomic E-state index is 0.0202. The number of amides is 2. The average Bonchev–Trinajstić information content (AvgIpc) is 2.29. The van der Waals surface area contributed by atoms with Crippen molar-refractivity contribution in [3.05, 3.63) is 0 Å². The summed E-state index contributed by atoms with van der Waals surface area (Å²) in [6.07, 6.45) is 1.88. The van der Waals surface area contributed by atoms with Gasteiger partial charge >= 0.3 is 12.0 Å². The van der Waals surface area contributed by atoms with Gasteiger partial charge in [0, 0.05) is 26.1 Å². The molecule has 0 aromatic rings. The van der Waals surface area contributed by atoms with Crippen LogP contribution < -0.4 is 5.32 Å². The van der Waals surface area contributed by atoms with E-state index in [1.54, 1.807) is 4.90 Å². The fourth-order valence-corrected chi connectivity index (χ4v) is 1.38. The number of nitrogens with zero attached hydrogens (tertiary/aromatic N) is 1. The summed E-state index contributed by atoms with van der Waals surface area (Å²) in [7, 11) is 0. The summed E-state index contributed by atoms with van der Waals surface area (Å²) in [5, 5.41) is 20.0. The first-order valence-electron chi connectivity index (χ1n) is 5.95. The Kier molecular flexibility index (Phi) is 8.13. The Hall–Kier alpha value is -1.30. The molecule has 100 valence electrons. The van der Waals surface area contributed by atoms with E-state index in [4.69, 9.17) is 10.2 Å². The Bertz CT molecular complexity index is 246. The highest BCUT2D eigenvalue weighted by atomic mass is 16.4. The number of carbonyl (C=O) groups is 2. The topological polar surface area (TPSA) is 89.9 Å². The third-order valence-electron chi connectivity index (χ3n) is 2.46. The quantitative estimate of drug-likeness (QED) is 0.586. The number of carbonyl (C=O) groups excluding carboxylic acids is 1. The fraction of sp³-hybridized carbons (Fsp3) is 0.818. The van der Waals surface area contributed by atoms with Crippen molar-refractivity contribution in [3.63, 3.8) is 0 Å². The summed E-state index contributed by atoms with van der Waals surface area (Å²) >= 11 is 0. The molecule has 3 N–H and O–H groups in total. The summed E-state index contributed by atoms with van der Waals surface area (Å²) in [6, 6.07) is -1.41. The predicted octanol–water partition coefficient (Wildman–Crippen LogP) is 0.654. The molecule has 0 fully saturated rings. The van der Waals surface area contributed by atoms with Gasteiger partial charge in [-0.15, -0.1) is 0 Å². The maximum Gasteiger partial charge on any atom is 0.326 e. The van der Waals surface area contributed by atoms with Crippen LogP contribution in [0, 0.1) is 0 Å². The molecule has 0 aromatic carbocycles. The smallest absolute Gasteiger partial charge is 0.326 e. The van der Waals surface area contributed by atoms with Crippen molar-refractivity contribution in [2.24, 2.45) is 0 Å². The Balaban J connectivity index is 4.30. The second kappa shape index (κ2) is 8.81. The number of nitrogens with one attached hydrogen (secondary N) is 1. The summed E-state index contributed by atoms with van der Waals surface area (Å²) in [5.74, 6) is -1.13.